The number of hydrogen-bond acceptors (Lipinski definition) is 3. The molecule has 3 nitrogen and oxygen atoms in total. The van der Waals surface area contributed by atoms with E-state index < -0.39 is 12.3 Å². The Hall–Kier alpha value is -2.13. The van der Waals surface area contributed by atoms with E-state index in [4.69, 9.17) is 4.74 Å². The molecule has 0 unspecified atom stereocenters. The van der Waals surface area contributed by atoms with E-state index in [9.17, 15) is 9.90 Å². The molecule has 2 aromatic carbocycles. The number of hydrogen-bond donors (Lipinski definition) is 1. The highest BCUT2D eigenvalue weighted by atomic mass is 16.6. The van der Waals surface area contributed by atoms with Crippen molar-refractivity contribution in [2.75, 3.05) is 0 Å². The molecule has 2 rings (SSSR count). The molecule has 0 aromatic heterocycles. The van der Waals surface area contributed by atoms with Gasteiger partial charge in [-0.2, -0.15) is 0 Å². The van der Waals surface area contributed by atoms with Crippen LogP contribution in [0.2, 0.25) is 0 Å². The van der Waals surface area contributed by atoms with Crippen LogP contribution in [0.25, 0.3) is 0 Å². The third-order valence-electron chi connectivity index (χ3n) is 2.30. The molecule has 0 fully saturated rings. The lowest BCUT2D eigenvalue weighted by Crippen LogP contribution is -2.12. The Balaban J connectivity index is 1.92. The Kier molecular flexibility index (Phi) is 4.10. The van der Waals surface area contributed by atoms with Gasteiger partial charge in [-0.15, -0.1) is 0 Å². The first kappa shape index (κ1) is 12.3. The summed E-state index contributed by atoms with van der Waals surface area (Å²) < 4.78 is 4.82. The molecule has 2 aromatic rings. The predicted molar refractivity (Wildman–Crippen MR) is 66.7 cm³/mol. The molecular formula is C15H12O3. The summed E-state index contributed by atoms with van der Waals surface area (Å²) in [6, 6.07) is 17.7. The highest BCUT2D eigenvalue weighted by molar-refractivity contribution is 5.83. The maximum absolute atomic E-state index is 11.5. The minimum atomic E-state index is -0.609. The fraction of sp³-hybridized carbons (Fsp3) is 0. The van der Waals surface area contributed by atoms with E-state index in [1.807, 2.05) is 24.3 Å². The minimum Gasteiger partial charge on any atom is -0.421 e. The van der Waals surface area contributed by atoms with E-state index in [0.29, 0.717) is 5.56 Å². The molecule has 0 heterocycles. The highest BCUT2D eigenvalue weighted by Crippen LogP contribution is 2.14. The summed E-state index contributed by atoms with van der Waals surface area (Å²) in [6.07, 6.45) is 0.923. The quantitative estimate of drug-likeness (QED) is 0.836. The monoisotopic (exact) mass is 240 g/mol. The van der Waals surface area contributed by atoms with Crippen LogP contribution in [0.1, 0.15) is 11.1 Å². The van der Waals surface area contributed by atoms with Crippen LogP contribution in [-0.2, 0) is 9.53 Å². The van der Waals surface area contributed by atoms with Gasteiger partial charge in [0.25, 0.3) is 0 Å². The Morgan fingerprint density at radius 2 is 1.50 bits per heavy atom. The summed E-state index contributed by atoms with van der Waals surface area (Å²) >= 11 is 0. The maximum atomic E-state index is 11.5. The van der Waals surface area contributed by atoms with Gasteiger partial charge in [-0.3, -0.25) is 4.79 Å². The van der Waals surface area contributed by atoms with Crippen LogP contribution in [0.4, 0.5) is 0 Å². The number of ether oxygens (including phenoxy) is 1. The van der Waals surface area contributed by atoms with Gasteiger partial charge in [0, 0.05) is 5.56 Å². The van der Waals surface area contributed by atoms with Crippen LogP contribution in [0.5, 0.6) is 0 Å². The summed E-state index contributed by atoms with van der Waals surface area (Å²) in [4.78, 5) is 11.5. The van der Waals surface area contributed by atoms with Crippen LogP contribution in [0, 0.1) is 12.7 Å². The molecule has 0 bridgehead atoms. The second-order valence-corrected chi connectivity index (χ2v) is 3.65. The van der Waals surface area contributed by atoms with Crippen molar-refractivity contribution in [3.05, 3.63) is 84.5 Å². The smallest absolute Gasteiger partial charge is 0.317 e. The lowest BCUT2D eigenvalue weighted by molar-refractivity contribution is -0.143. The zero-order valence-electron chi connectivity index (χ0n) is 9.61. The second kappa shape index (κ2) is 5.98. The van der Waals surface area contributed by atoms with Crippen molar-refractivity contribution < 1.29 is 14.6 Å². The highest BCUT2D eigenvalue weighted by Gasteiger charge is 2.15. The van der Waals surface area contributed by atoms with E-state index in [0.717, 1.165) is 5.56 Å². The fourth-order valence-electron chi connectivity index (χ4n) is 1.45. The van der Waals surface area contributed by atoms with Gasteiger partial charge < -0.3 is 9.84 Å². The topological polar surface area (TPSA) is 46.5 Å². The van der Waals surface area contributed by atoms with E-state index in [-0.39, 0.29) is 0 Å². The number of benzene rings is 2. The van der Waals surface area contributed by atoms with Gasteiger partial charge in [0.15, 0.2) is 0 Å². The first-order chi connectivity index (χ1) is 8.75. The van der Waals surface area contributed by atoms with Crippen LogP contribution in [0.15, 0.2) is 60.7 Å². The van der Waals surface area contributed by atoms with Crippen molar-refractivity contribution in [1.82, 2.24) is 0 Å². The normalized spacial score (nSPS) is 10.3. The van der Waals surface area contributed by atoms with Crippen molar-refractivity contribution in [2.24, 2.45) is 0 Å². The van der Waals surface area contributed by atoms with E-state index >= 15 is 0 Å². The van der Waals surface area contributed by atoms with Gasteiger partial charge in [0.2, 0.25) is 0 Å². The molecule has 3 heteroatoms. The van der Waals surface area contributed by atoms with Crippen molar-refractivity contribution in [1.29, 1.82) is 0 Å². The average molecular weight is 240 g/mol. The van der Waals surface area contributed by atoms with Crippen LogP contribution in [0.3, 0.4) is 0 Å². The molecule has 90 valence electrons. The number of aliphatic hydroxyl groups is 1. The zero-order valence-corrected chi connectivity index (χ0v) is 9.61. The molecule has 0 atom stereocenters. The first-order valence-electron chi connectivity index (χ1n) is 5.48. The van der Waals surface area contributed by atoms with Crippen molar-refractivity contribution in [3.63, 3.8) is 0 Å². The molecule has 1 N–H and O–H groups in total. The Morgan fingerprint density at radius 3 is 2.11 bits per heavy atom. The molecule has 0 aliphatic heterocycles. The Morgan fingerprint density at radius 1 is 0.944 bits per heavy atom. The maximum Gasteiger partial charge on any atom is 0.317 e. The number of esters is 1. The van der Waals surface area contributed by atoms with Crippen LogP contribution >= 0.6 is 0 Å². The average Bonchev–Trinajstić information content (AvgIpc) is 2.40. The standard InChI is InChI=1S/C15H12O3/c16-14(11-12-7-3-1-4-8-12)18-15(17)13-9-5-2-6-10-13/h1-11,17H. The summed E-state index contributed by atoms with van der Waals surface area (Å²) in [5.74, 6) is -0.609. The Labute approximate surface area is 106 Å². The van der Waals surface area contributed by atoms with Crippen molar-refractivity contribution >= 4 is 5.97 Å². The SMILES string of the molecule is O=C([CH]c1ccccc1)O[C](O)c1ccccc1. The predicted octanol–water partition coefficient (Wildman–Crippen LogP) is 2.69. The number of rotatable bonds is 4. The van der Waals surface area contributed by atoms with Gasteiger partial charge in [-0.1, -0.05) is 60.7 Å². The van der Waals surface area contributed by atoms with Crippen LogP contribution in [-0.4, -0.2) is 11.1 Å². The van der Waals surface area contributed by atoms with Crippen LogP contribution < -0.4 is 0 Å². The van der Waals surface area contributed by atoms with Crippen molar-refractivity contribution in [2.45, 2.75) is 0 Å². The summed E-state index contributed by atoms with van der Waals surface area (Å²) in [7, 11) is 0. The Bertz CT molecular complexity index is 494. The second-order valence-electron chi connectivity index (χ2n) is 3.65. The molecule has 0 aliphatic carbocycles. The third kappa shape index (κ3) is 3.43. The number of carbonyl (C=O) groups is 1. The van der Waals surface area contributed by atoms with Gasteiger partial charge >= 0.3 is 12.3 Å². The lowest BCUT2D eigenvalue weighted by Gasteiger charge is -2.09. The largest absolute Gasteiger partial charge is 0.421 e. The summed E-state index contributed by atoms with van der Waals surface area (Å²) in [5, 5.41) is 9.62. The first-order valence-corrected chi connectivity index (χ1v) is 5.48. The fourth-order valence-corrected chi connectivity index (χ4v) is 1.45. The van der Waals surface area contributed by atoms with Gasteiger partial charge in [0.1, 0.15) is 0 Å². The molecule has 0 aliphatic rings. The summed E-state index contributed by atoms with van der Waals surface area (Å²) in [6.45, 7) is 0. The molecule has 0 amide bonds. The van der Waals surface area contributed by atoms with Gasteiger partial charge in [-0.05, 0) is 5.56 Å². The lowest BCUT2D eigenvalue weighted by atomic mass is 10.1. The molecule has 18 heavy (non-hydrogen) atoms. The molecule has 0 spiro atoms. The minimum absolute atomic E-state index is 0.396. The van der Waals surface area contributed by atoms with Crippen molar-refractivity contribution in [3.8, 4) is 0 Å². The summed E-state index contributed by atoms with van der Waals surface area (Å²) in [5.41, 5.74) is 1.19. The van der Waals surface area contributed by atoms with E-state index in [2.05, 4.69) is 0 Å². The number of aliphatic hydroxyl groups excluding tert-OH is 1. The molecular weight excluding hydrogens is 228 g/mol. The molecule has 0 saturated carbocycles. The van der Waals surface area contributed by atoms with Gasteiger partial charge in [0.05, 0.1) is 6.42 Å². The molecule has 0 saturated heterocycles. The number of carbonyl (C=O) groups excluding carboxylic acids is 1. The van der Waals surface area contributed by atoms with E-state index in [1.54, 1.807) is 36.4 Å². The zero-order chi connectivity index (χ0) is 12.8. The molecule has 2 radical (unpaired) electrons. The third-order valence-corrected chi connectivity index (χ3v) is 2.30. The van der Waals surface area contributed by atoms with E-state index in [1.165, 1.54) is 6.42 Å². The van der Waals surface area contributed by atoms with Gasteiger partial charge in [-0.25, -0.2) is 0 Å².